The van der Waals surface area contributed by atoms with Crippen LogP contribution in [0.25, 0.3) is 0 Å². The van der Waals surface area contributed by atoms with Gasteiger partial charge in [-0.2, -0.15) is 0 Å². The Balaban J connectivity index is -0.000000980. The highest BCUT2D eigenvalue weighted by molar-refractivity contribution is 4.84. The van der Waals surface area contributed by atoms with E-state index in [1.165, 1.54) is 25.7 Å². The molecule has 16 heavy (non-hydrogen) atoms. The standard InChI is InChI=1S/C14H29N.FH.H2/c1-7-9-10-11-13(8-2)12-15(6)14(3,4)5;;/h8,13H,2,7,9-12H2,1,3-6H3;2*1H. The zero-order valence-corrected chi connectivity index (χ0v) is 11.8. The van der Waals surface area contributed by atoms with Crippen LogP contribution in [0.1, 0.15) is 54.8 Å². The molecule has 0 fully saturated rings. The lowest BCUT2D eigenvalue weighted by atomic mass is 9.98. The van der Waals surface area contributed by atoms with Gasteiger partial charge in [0.1, 0.15) is 0 Å². The van der Waals surface area contributed by atoms with Crippen LogP contribution in [0.4, 0.5) is 4.70 Å². The molecule has 0 aromatic carbocycles. The first-order chi connectivity index (χ1) is 6.91. The Hall–Kier alpha value is -0.370. The SMILES string of the molecule is C=CC(CCCCC)CN(C)C(C)(C)C.F.[HH]. The van der Waals surface area contributed by atoms with Crippen molar-refractivity contribution in [2.45, 2.75) is 58.9 Å². The van der Waals surface area contributed by atoms with E-state index in [0.29, 0.717) is 5.92 Å². The van der Waals surface area contributed by atoms with Gasteiger partial charge in [-0.3, -0.25) is 4.70 Å². The summed E-state index contributed by atoms with van der Waals surface area (Å²) in [5.41, 5.74) is 0.270. The monoisotopic (exact) mass is 233 g/mol. The van der Waals surface area contributed by atoms with E-state index in [9.17, 15) is 0 Å². The number of halogens is 1. The first-order valence-electron chi connectivity index (χ1n) is 6.25. The van der Waals surface area contributed by atoms with Gasteiger partial charge in [-0.1, -0.05) is 32.3 Å². The number of hydrogen-bond acceptors (Lipinski definition) is 1. The summed E-state index contributed by atoms with van der Waals surface area (Å²) in [5.74, 6) is 0.653. The minimum absolute atomic E-state index is 0. The molecular formula is C14H32FN. The van der Waals surface area contributed by atoms with Gasteiger partial charge in [-0.15, -0.1) is 6.58 Å². The van der Waals surface area contributed by atoms with E-state index in [0.717, 1.165) is 6.54 Å². The first kappa shape index (κ1) is 18.0. The lowest BCUT2D eigenvalue weighted by molar-refractivity contribution is 0.156. The van der Waals surface area contributed by atoms with Crippen molar-refractivity contribution in [3.8, 4) is 0 Å². The van der Waals surface area contributed by atoms with Crippen molar-refractivity contribution in [3.05, 3.63) is 12.7 Å². The van der Waals surface area contributed by atoms with Gasteiger partial charge in [-0.05, 0) is 40.2 Å². The smallest absolute Gasteiger partial charge is 0.0122 e. The zero-order valence-electron chi connectivity index (χ0n) is 11.8. The number of hydrogen-bond donors (Lipinski definition) is 0. The van der Waals surface area contributed by atoms with E-state index in [4.69, 9.17) is 0 Å². The fraction of sp³-hybridized carbons (Fsp3) is 0.857. The molecule has 1 nitrogen and oxygen atoms in total. The van der Waals surface area contributed by atoms with Crippen molar-refractivity contribution in [2.75, 3.05) is 13.6 Å². The molecule has 0 saturated carbocycles. The van der Waals surface area contributed by atoms with Crippen LogP contribution in [0.15, 0.2) is 12.7 Å². The lowest BCUT2D eigenvalue weighted by Crippen LogP contribution is -2.40. The highest BCUT2D eigenvalue weighted by Gasteiger charge is 2.19. The second-order valence-electron chi connectivity index (χ2n) is 5.54. The predicted octanol–water partition coefficient (Wildman–Crippen LogP) is 4.50. The van der Waals surface area contributed by atoms with Gasteiger partial charge in [0.15, 0.2) is 0 Å². The van der Waals surface area contributed by atoms with Crippen molar-refractivity contribution >= 4 is 0 Å². The van der Waals surface area contributed by atoms with E-state index < -0.39 is 0 Å². The van der Waals surface area contributed by atoms with Crippen LogP contribution in [-0.2, 0) is 0 Å². The van der Waals surface area contributed by atoms with Gasteiger partial charge in [0.25, 0.3) is 0 Å². The Morgan fingerprint density at radius 3 is 2.25 bits per heavy atom. The third-order valence-electron chi connectivity index (χ3n) is 3.17. The molecule has 0 heterocycles. The second kappa shape index (κ2) is 8.74. The molecule has 0 radical (unpaired) electrons. The molecule has 0 N–H and O–H groups in total. The quantitative estimate of drug-likeness (QED) is 0.462. The van der Waals surface area contributed by atoms with Crippen LogP contribution in [0.2, 0.25) is 0 Å². The minimum Gasteiger partial charge on any atom is -0.301 e. The molecule has 0 bridgehead atoms. The molecule has 0 rings (SSSR count). The van der Waals surface area contributed by atoms with Gasteiger partial charge in [0.05, 0.1) is 0 Å². The van der Waals surface area contributed by atoms with Crippen molar-refractivity contribution < 1.29 is 6.13 Å². The van der Waals surface area contributed by atoms with E-state index in [1.807, 2.05) is 0 Å². The third kappa shape index (κ3) is 7.86. The summed E-state index contributed by atoms with van der Waals surface area (Å²) < 4.78 is 0. The van der Waals surface area contributed by atoms with E-state index in [-0.39, 0.29) is 11.7 Å². The van der Waals surface area contributed by atoms with Crippen LogP contribution < -0.4 is 0 Å². The molecule has 0 aliphatic rings. The summed E-state index contributed by atoms with van der Waals surface area (Å²) in [4.78, 5) is 2.42. The fourth-order valence-electron chi connectivity index (χ4n) is 1.57. The fourth-order valence-corrected chi connectivity index (χ4v) is 1.57. The Bertz CT molecular complexity index is 178. The average Bonchev–Trinajstić information content (AvgIpc) is 2.14. The number of unbranched alkanes of at least 4 members (excludes halogenated alkanes) is 2. The molecule has 2 heteroatoms. The zero-order chi connectivity index (χ0) is 11.9. The summed E-state index contributed by atoms with van der Waals surface area (Å²) in [7, 11) is 2.20. The van der Waals surface area contributed by atoms with Gasteiger partial charge in [0, 0.05) is 13.5 Å². The maximum Gasteiger partial charge on any atom is 0.0122 e. The van der Waals surface area contributed by atoms with E-state index in [1.54, 1.807) is 0 Å². The molecule has 1 atom stereocenters. The Morgan fingerprint density at radius 2 is 1.88 bits per heavy atom. The largest absolute Gasteiger partial charge is 0.301 e. The highest BCUT2D eigenvalue weighted by Crippen LogP contribution is 2.17. The summed E-state index contributed by atoms with van der Waals surface area (Å²) in [6.45, 7) is 14.1. The topological polar surface area (TPSA) is 3.24 Å². The molecule has 0 aliphatic carbocycles. The summed E-state index contributed by atoms with van der Waals surface area (Å²) in [6.07, 6.45) is 7.41. The third-order valence-corrected chi connectivity index (χ3v) is 3.17. The van der Waals surface area contributed by atoms with Crippen molar-refractivity contribution in [1.82, 2.24) is 4.90 Å². The molecule has 0 aliphatic heterocycles. The predicted molar refractivity (Wildman–Crippen MR) is 74.8 cm³/mol. The van der Waals surface area contributed by atoms with Gasteiger partial charge in [-0.25, -0.2) is 0 Å². The second-order valence-corrected chi connectivity index (χ2v) is 5.54. The average molecular weight is 233 g/mol. The van der Waals surface area contributed by atoms with Crippen LogP contribution in [0, 0.1) is 5.92 Å². The molecule has 0 amide bonds. The Kier molecular flexibility index (Phi) is 9.84. The van der Waals surface area contributed by atoms with Crippen LogP contribution in [0.3, 0.4) is 0 Å². The van der Waals surface area contributed by atoms with Crippen molar-refractivity contribution in [3.63, 3.8) is 0 Å². The Labute approximate surface area is 103 Å². The van der Waals surface area contributed by atoms with E-state index >= 15 is 0 Å². The van der Waals surface area contributed by atoms with Crippen LogP contribution >= 0.6 is 0 Å². The number of nitrogens with zero attached hydrogens (tertiary/aromatic N) is 1. The first-order valence-corrected chi connectivity index (χ1v) is 6.25. The summed E-state index contributed by atoms with van der Waals surface area (Å²) in [5, 5.41) is 0. The maximum absolute atomic E-state index is 3.95. The molecule has 0 spiro atoms. The number of rotatable bonds is 7. The minimum atomic E-state index is 0. The molecule has 1 unspecified atom stereocenters. The van der Waals surface area contributed by atoms with Gasteiger partial charge in [0.2, 0.25) is 0 Å². The molecule has 100 valence electrons. The normalized spacial score (nSPS) is 13.4. The van der Waals surface area contributed by atoms with Crippen LogP contribution in [-0.4, -0.2) is 24.0 Å². The molecule has 0 aromatic rings. The highest BCUT2D eigenvalue weighted by atomic mass is 19.0. The van der Waals surface area contributed by atoms with Gasteiger partial charge >= 0.3 is 0 Å². The summed E-state index contributed by atoms with van der Waals surface area (Å²) in [6, 6.07) is 0. The molecular weight excluding hydrogens is 201 g/mol. The molecule has 0 saturated heterocycles. The van der Waals surface area contributed by atoms with Crippen LogP contribution in [0.5, 0.6) is 0 Å². The van der Waals surface area contributed by atoms with E-state index in [2.05, 4.69) is 52.3 Å². The maximum atomic E-state index is 3.95. The van der Waals surface area contributed by atoms with Crippen molar-refractivity contribution in [1.29, 1.82) is 0 Å². The lowest BCUT2D eigenvalue weighted by Gasteiger charge is -2.34. The molecule has 0 aromatic heterocycles. The Morgan fingerprint density at radius 1 is 1.31 bits per heavy atom. The van der Waals surface area contributed by atoms with Crippen molar-refractivity contribution in [2.24, 2.45) is 5.92 Å². The van der Waals surface area contributed by atoms with Gasteiger partial charge < -0.3 is 4.90 Å². The summed E-state index contributed by atoms with van der Waals surface area (Å²) >= 11 is 0.